The molecule has 0 bridgehead atoms. The van der Waals surface area contributed by atoms with Gasteiger partial charge in [-0.25, -0.2) is 8.78 Å². The highest BCUT2D eigenvalue weighted by Gasteiger charge is 2.26. The van der Waals surface area contributed by atoms with Crippen LogP contribution in [0.25, 0.3) is 0 Å². The molecule has 0 aliphatic rings. The van der Waals surface area contributed by atoms with Gasteiger partial charge in [0.15, 0.2) is 11.6 Å². The number of aliphatic hydroxyl groups is 1. The Morgan fingerprint density at radius 2 is 1.53 bits per heavy atom. The molecule has 0 saturated heterocycles. The average Bonchev–Trinajstić information content (AvgIpc) is 2.23. The van der Waals surface area contributed by atoms with E-state index < -0.39 is 41.2 Å². The Labute approximate surface area is 82.1 Å². The Balaban J connectivity index is 3.53. The van der Waals surface area contributed by atoms with Crippen molar-refractivity contribution in [2.24, 2.45) is 0 Å². The van der Waals surface area contributed by atoms with E-state index in [2.05, 4.69) is 11.2 Å². The molecular formula is C9H4F4O2. The van der Waals surface area contributed by atoms with E-state index >= 15 is 0 Å². The van der Waals surface area contributed by atoms with Crippen molar-refractivity contribution in [2.45, 2.75) is 6.61 Å². The zero-order valence-corrected chi connectivity index (χ0v) is 7.15. The van der Waals surface area contributed by atoms with Crippen LogP contribution in [0.2, 0.25) is 0 Å². The van der Waals surface area contributed by atoms with E-state index in [1.54, 1.807) is 0 Å². The summed E-state index contributed by atoms with van der Waals surface area (Å²) >= 11 is 0. The quantitative estimate of drug-likeness (QED) is 0.467. The normalized spacial score (nSPS) is 9.87. The average molecular weight is 220 g/mol. The molecular weight excluding hydrogens is 216 g/mol. The predicted molar refractivity (Wildman–Crippen MR) is 41.7 cm³/mol. The van der Waals surface area contributed by atoms with Gasteiger partial charge in [0.05, 0.1) is 12.2 Å². The van der Waals surface area contributed by atoms with E-state index in [1.807, 2.05) is 0 Å². The maximum atomic E-state index is 13.0. The van der Waals surface area contributed by atoms with Crippen molar-refractivity contribution in [2.75, 3.05) is 0 Å². The maximum Gasteiger partial charge on any atom is 0.217 e. The van der Waals surface area contributed by atoms with Gasteiger partial charge in [0.2, 0.25) is 17.4 Å². The molecule has 0 spiro atoms. The van der Waals surface area contributed by atoms with Crippen LogP contribution in [-0.2, 0) is 6.61 Å². The zero-order chi connectivity index (χ0) is 11.6. The molecule has 0 aliphatic heterocycles. The number of benzene rings is 1. The van der Waals surface area contributed by atoms with Gasteiger partial charge in [0.25, 0.3) is 0 Å². The van der Waals surface area contributed by atoms with Crippen molar-refractivity contribution >= 4 is 0 Å². The predicted octanol–water partition coefficient (Wildman–Crippen LogP) is 1.70. The number of terminal acetylenes is 1. The van der Waals surface area contributed by atoms with Crippen LogP contribution in [0.15, 0.2) is 0 Å². The fourth-order valence-electron chi connectivity index (χ4n) is 0.944. The lowest BCUT2D eigenvalue weighted by Crippen LogP contribution is -2.06. The summed E-state index contributed by atoms with van der Waals surface area (Å²) in [7, 11) is 0. The molecule has 0 amide bonds. The Hall–Kier alpha value is -1.74. The number of hydrogen-bond donors (Lipinski definition) is 1. The van der Waals surface area contributed by atoms with Crippen LogP contribution < -0.4 is 4.74 Å². The van der Waals surface area contributed by atoms with Crippen molar-refractivity contribution in [3.05, 3.63) is 28.8 Å². The molecule has 2 nitrogen and oxygen atoms in total. The minimum absolute atomic E-state index is 1.12. The first-order chi connectivity index (χ1) is 7.04. The molecule has 0 aliphatic carbocycles. The summed E-state index contributed by atoms with van der Waals surface area (Å²) in [5, 5.41) is 8.47. The number of halogens is 4. The second-order valence-electron chi connectivity index (χ2n) is 2.44. The lowest BCUT2D eigenvalue weighted by molar-refractivity contribution is 0.260. The van der Waals surface area contributed by atoms with Crippen LogP contribution in [0, 0.1) is 35.8 Å². The summed E-state index contributed by atoms with van der Waals surface area (Å²) in [6, 6.07) is 0. The minimum Gasteiger partial charge on any atom is -0.401 e. The standard InChI is InChI=1S/C9H4F4O2/c1-2-15-9-7(12)5(10)4(3-14)6(11)8(9)13/h1,14H,3H2. The summed E-state index contributed by atoms with van der Waals surface area (Å²) in [6.07, 6.45) is 5.95. The van der Waals surface area contributed by atoms with Gasteiger partial charge < -0.3 is 9.84 Å². The van der Waals surface area contributed by atoms with E-state index in [-0.39, 0.29) is 0 Å². The van der Waals surface area contributed by atoms with Gasteiger partial charge in [-0.3, -0.25) is 0 Å². The highest BCUT2D eigenvalue weighted by atomic mass is 19.2. The highest BCUT2D eigenvalue weighted by molar-refractivity contribution is 5.35. The summed E-state index contributed by atoms with van der Waals surface area (Å²) < 4.78 is 55.7. The van der Waals surface area contributed by atoms with Crippen LogP contribution in [0.4, 0.5) is 17.6 Å². The van der Waals surface area contributed by atoms with Gasteiger partial charge >= 0.3 is 0 Å². The molecule has 6 heteroatoms. The minimum atomic E-state index is -1.78. The van der Waals surface area contributed by atoms with Crippen LogP contribution in [0.5, 0.6) is 5.75 Å². The van der Waals surface area contributed by atoms with Gasteiger partial charge in [-0.2, -0.15) is 8.78 Å². The number of aliphatic hydroxyl groups excluding tert-OH is 1. The van der Waals surface area contributed by atoms with E-state index in [0.29, 0.717) is 0 Å². The summed E-state index contributed by atoms with van der Waals surface area (Å²) in [4.78, 5) is 0. The fraction of sp³-hybridized carbons (Fsp3) is 0.111. The fourth-order valence-corrected chi connectivity index (χ4v) is 0.944. The molecule has 1 aromatic carbocycles. The van der Waals surface area contributed by atoms with E-state index in [4.69, 9.17) is 5.11 Å². The second-order valence-corrected chi connectivity index (χ2v) is 2.44. The smallest absolute Gasteiger partial charge is 0.217 e. The van der Waals surface area contributed by atoms with Gasteiger partial charge in [-0.15, -0.1) is 0 Å². The third kappa shape index (κ3) is 1.74. The second kappa shape index (κ2) is 4.19. The summed E-state index contributed by atoms with van der Waals surface area (Å²) in [5.41, 5.74) is -1.12. The molecule has 0 heterocycles. The molecule has 1 N–H and O–H groups in total. The third-order valence-corrected chi connectivity index (χ3v) is 1.63. The Morgan fingerprint density at radius 1 is 1.07 bits per heavy atom. The molecule has 15 heavy (non-hydrogen) atoms. The maximum absolute atomic E-state index is 13.0. The Bertz CT molecular complexity index is 408. The molecule has 1 rings (SSSR count). The van der Waals surface area contributed by atoms with Crippen molar-refractivity contribution in [3.8, 4) is 18.3 Å². The number of hydrogen-bond acceptors (Lipinski definition) is 2. The molecule has 0 atom stereocenters. The lowest BCUT2D eigenvalue weighted by Gasteiger charge is -2.07. The van der Waals surface area contributed by atoms with Crippen LogP contribution in [-0.4, -0.2) is 5.11 Å². The van der Waals surface area contributed by atoms with Crippen molar-refractivity contribution in [3.63, 3.8) is 0 Å². The van der Waals surface area contributed by atoms with Crippen LogP contribution in [0.1, 0.15) is 5.56 Å². The number of ether oxygens (including phenoxy) is 1. The first-order valence-corrected chi connectivity index (χ1v) is 3.62. The summed E-state index contributed by atoms with van der Waals surface area (Å²) in [6.45, 7) is -1.18. The molecule has 0 radical (unpaired) electrons. The van der Waals surface area contributed by atoms with E-state index in [0.717, 1.165) is 0 Å². The monoisotopic (exact) mass is 220 g/mol. The Morgan fingerprint density at radius 3 is 1.87 bits per heavy atom. The largest absolute Gasteiger partial charge is 0.401 e. The SMILES string of the molecule is C#COc1c(F)c(F)c(CO)c(F)c1F. The molecule has 0 saturated carbocycles. The molecule has 80 valence electrons. The van der Waals surface area contributed by atoms with Gasteiger partial charge in [-0.05, 0) is 0 Å². The van der Waals surface area contributed by atoms with Crippen LogP contribution in [0.3, 0.4) is 0 Å². The molecule has 1 aromatic rings. The Kier molecular flexibility index (Phi) is 3.17. The van der Waals surface area contributed by atoms with E-state index in [1.165, 1.54) is 6.11 Å². The van der Waals surface area contributed by atoms with Crippen LogP contribution >= 0.6 is 0 Å². The van der Waals surface area contributed by atoms with Crippen molar-refractivity contribution < 1.29 is 27.4 Å². The van der Waals surface area contributed by atoms with Gasteiger partial charge in [-0.1, -0.05) is 6.42 Å². The van der Waals surface area contributed by atoms with E-state index in [9.17, 15) is 17.6 Å². The van der Waals surface area contributed by atoms with Crippen molar-refractivity contribution in [1.29, 1.82) is 0 Å². The molecule has 0 fully saturated rings. The van der Waals surface area contributed by atoms with Crippen molar-refractivity contribution in [1.82, 2.24) is 0 Å². The first kappa shape index (κ1) is 11.3. The third-order valence-electron chi connectivity index (χ3n) is 1.63. The van der Waals surface area contributed by atoms with Gasteiger partial charge in [0, 0.05) is 0 Å². The highest BCUT2D eigenvalue weighted by Crippen LogP contribution is 2.29. The molecule has 0 unspecified atom stereocenters. The number of rotatable bonds is 2. The lowest BCUT2D eigenvalue weighted by atomic mass is 10.1. The molecule has 0 aromatic heterocycles. The van der Waals surface area contributed by atoms with Gasteiger partial charge in [0.1, 0.15) is 6.11 Å². The first-order valence-electron chi connectivity index (χ1n) is 3.62. The summed E-state index contributed by atoms with van der Waals surface area (Å²) in [5.74, 6) is -8.38. The topological polar surface area (TPSA) is 29.5 Å². The zero-order valence-electron chi connectivity index (χ0n) is 7.15.